The standard InChI is InChI=1S/C14H15N3O2S/c1-19-9-4-5-11(15)10(6-9)13(18)17-14-16-12(7-20-14)8-2-3-8/h4-8H,2-3,15H2,1H3,(H,16,17,18). The highest BCUT2D eigenvalue weighted by atomic mass is 32.1. The van der Waals surface area contributed by atoms with E-state index in [0.29, 0.717) is 28.0 Å². The molecule has 3 rings (SSSR count). The minimum Gasteiger partial charge on any atom is -0.497 e. The Bertz CT molecular complexity index is 650. The van der Waals surface area contributed by atoms with Gasteiger partial charge in [0.25, 0.3) is 5.91 Å². The molecule has 20 heavy (non-hydrogen) atoms. The number of rotatable bonds is 4. The Balaban J connectivity index is 1.77. The van der Waals surface area contributed by atoms with E-state index in [4.69, 9.17) is 10.5 Å². The number of nitrogens with two attached hydrogens (primary N) is 1. The molecule has 6 heteroatoms. The normalized spacial score (nSPS) is 14.1. The minimum absolute atomic E-state index is 0.266. The predicted octanol–water partition coefficient (Wildman–Crippen LogP) is 2.86. The average Bonchev–Trinajstić information content (AvgIpc) is 3.20. The minimum atomic E-state index is -0.266. The summed E-state index contributed by atoms with van der Waals surface area (Å²) in [7, 11) is 1.55. The summed E-state index contributed by atoms with van der Waals surface area (Å²) in [5.74, 6) is 0.916. The second-order valence-electron chi connectivity index (χ2n) is 4.76. The van der Waals surface area contributed by atoms with Crippen LogP contribution in [0.5, 0.6) is 5.75 Å². The number of amides is 1. The van der Waals surface area contributed by atoms with E-state index >= 15 is 0 Å². The van der Waals surface area contributed by atoms with Crippen LogP contribution < -0.4 is 15.8 Å². The number of carbonyl (C=O) groups excluding carboxylic acids is 1. The molecule has 3 N–H and O–H groups in total. The Labute approximate surface area is 120 Å². The second-order valence-corrected chi connectivity index (χ2v) is 5.62. The van der Waals surface area contributed by atoms with Gasteiger partial charge in [0.2, 0.25) is 0 Å². The van der Waals surface area contributed by atoms with Crippen molar-refractivity contribution in [2.45, 2.75) is 18.8 Å². The topological polar surface area (TPSA) is 77.2 Å². The largest absolute Gasteiger partial charge is 0.497 e. The average molecular weight is 289 g/mol. The SMILES string of the molecule is COc1ccc(N)c(C(=O)Nc2nc(C3CC3)cs2)c1. The van der Waals surface area contributed by atoms with E-state index in [9.17, 15) is 4.79 Å². The van der Waals surface area contributed by atoms with Crippen LogP contribution in [0, 0.1) is 0 Å². The number of nitrogens with zero attached hydrogens (tertiary/aromatic N) is 1. The Morgan fingerprint density at radius 3 is 3.00 bits per heavy atom. The number of benzene rings is 1. The maximum atomic E-state index is 12.2. The zero-order valence-corrected chi connectivity index (χ0v) is 11.9. The number of nitrogen functional groups attached to an aromatic ring is 1. The molecule has 1 heterocycles. The van der Waals surface area contributed by atoms with Gasteiger partial charge in [-0.05, 0) is 31.0 Å². The number of anilines is 2. The first-order valence-electron chi connectivity index (χ1n) is 6.37. The Morgan fingerprint density at radius 1 is 1.50 bits per heavy atom. The number of hydrogen-bond acceptors (Lipinski definition) is 5. The van der Waals surface area contributed by atoms with Crippen LogP contribution in [0.25, 0.3) is 0 Å². The van der Waals surface area contributed by atoms with Gasteiger partial charge in [-0.3, -0.25) is 10.1 Å². The zero-order valence-electron chi connectivity index (χ0n) is 11.1. The highest BCUT2D eigenvalue weighted by Crippen LogP contribution is 2.40. The van der Waals surface area contributed by atoms with Crippen LogP contribution in [0.1, 0.15) is 34.8 Å². The summed E-state index contributed by atoms with van der Waals surface area (Å²) in [6.07, 6.45) is 2.39. The van der Waals surface area contributed by atoms with Crippen molar-refractivity contribution in [1.82, 2.24) is 4.98 Å². The van der Waals surface area contributed by atoms with Gasteiger partial charge in [0.1, 0.15) is 5.75 Å². The van der Waals surface area contributed by atoms with Gasteiger partial charge in [0.05, 0.1) is 18.4 Å². The van der Waals surface area contributed by atoms with Gasteiger partial charge in [-0.1, -0.05) is 0 Å². The van der Waals surface area contributed by atoms with Crippen LogP contribution in [0.4, 0.5) is 10.8 Å². The highest BCUT2D eigenvalue weighted by Gasteiger charge is 2.26. The molecular weight excluding hydrogens is 274 g/mol. The molecule has 0 spiro atoms. The molecule has 1 aromatic heterocycles. The van der Waals surface area contributed by atoms with E-state index in [1.54, 1.807) is 25.3 Å². The maximum Gasteiger partial charge on any atom is 0.259 e. The molecule has 1 aliphatic rings. The second kappa shape index (κ2) is 5.13. The van der Waals surface area contributed by atoms with E-state index in [1.807, 2.05) is 5.38 Å². The summed E-state index contributed by atoms with van der Waals surface area (Å²) in [5.41, 5.74) is 7.72. The molecule has 0 unspecified atom stereocenters. The quantitative estimate of drug-likeness (QED) is 0.848. The van der Waals surface area contributed by atoms with Crippen LogP contribution in [0.15, 0.2) is 23.6 Å². The molecule has 0 bridgehead atoms. The fourth-order valence-corrected chi connectivity index (χ4v) is 2.72. The van der Waals surface area contributed by atoms with Gasteiger partial charge in [-0.15, -0.1) is 11.3 Å². The highest BCUT2D eigenvalue weighted by molar-refractivity contribution is 7.14. The van der Waals surface area contributed by atoms with Crippen LogP contribution >= 0.6 is 11.3 Å². The molecule has 1 saturated carbocycles. The van der Waals surface area contributed by atoms with E-state index in [1.165, 1.54) is 24.2 Å². The number of aromatic nitrogens is 1. The Hall–Kier alpha value is -2.08. The van der Waals surface area contributed by atoms with Gasteiger partial charge >= 0.3 is 0 Å². The first kappa shape index (κ1) is 12.9. The Morgan fingerprint density at radius 2 is 2.30 bits per heavy atom. The summed E-state index contributed by atoms with van der Waals surface area (Å²) < 4.78 is 5.11. The molecule has 1 fully saturated rings. The molecule has 1 aliphatic carbocycles. The molecule has 104 valence electrons. The molecular formula is C14H15N3O2S. The van der Waals surface area contributed by atoms with Crippen molar-refractivity contribution >= 4 is 28.1 Å². The number of nitrogens with one attached hydrogen (secondary N) is 1. The van der Waals surface area contributed by atoms with Crippen molar-refractivity contribution < 1.29 is 9.53 Å². The lowest BCUT2D eigenvalue weighted by atomic mass is 10.1. The lowest BCUT2D eigenvalue weighted by molar-refractivity contribution is 0.102. The molecule has 0 aliphatic heterocycles. The number of ether oxygens (including phenoxy) is 1. The number of methoxy groups -OCH3 is 1. The molecule has 1 aromatic carbocycles. The summed E-state index contributed by atoms with van der Waals surface area (Å²) in [4.78, 5) is 16.6. The van der Waals surface area contributed by atoms with E-state index in [-0.39, 0.29) is 5.91 Å². The molecule has 1 amide bonds. The van der Waals surface area contributed by atoms with Crippen molar-refractivity contribution in [2.75, 3.05) is 18.2 Å². The van der Waals surface area contributed by atoms with Gasteiger partial charge in [-0.2, -0.15) is 0 Å². The summed E-state index contributed by atoms with van der Waals surface area (Å²) in [6, 6.07) is 5.01. The summed E-state index contributed by atoms with van der Waals surface area (Å²) in [6.45, 7) is 0. The van der Waals surface area contributed by atoms with E-state index in [0.717, 1.165) is 5.69 Å². The fraction of sp³-hybridized carbons (Fsp3) is 0.286. The van der Waals surface area contributed by atoms with Crippen molar-refractivity contribution in [3.8, 4) is 5.75 Å². The van der Waals surface area contributed by atoms with Crippen molar-refractivity contribution in [3.05, 3.63) is 34.8 Å². The first-order valence-corrected chi connectivity index (χ1v) is 7.25. The molecule has 0 radical (unpaired) electrons. The van der Waals surface area contributed by atoms with Crippen LogP contribution in [0.3, 0.4) is 0 Å². The molecule has 5 nitrogen and oxygen atoms in total. The third kappa shape index (κ3) is 2.60. The monoisotopic (exact) mass is 289 g/mol. The van der Waals surface area contributed by atoms with Crippen molar-refractivity contribution in [1.29, 1.82) is 0 Å². The van der Waals surface area contributed by atoms with Crippen LogP contribution in [0.2, 0.25) is 0 Å². The van der Waals surface area contributed by atoms with Gasteiger partial charge in [-0.25, -0.2) is 4.98 Å². The smallest absolute Gasteiger partial charge is 0.259 e. The number of carbonyl (C=O) groups is 1. The molecule has 0 saturated heterocycles. The summed E-state index contributed by atoms with van der Waals surface area (Å²) in [5, 5.41) is 5.40. The lowest BCUT2D eigenvalue weighted by Crippen LogP contribution is -2.14. The third-order valence-electron chi connectivity index (χ3n) is 3.24. The fourth-order valence-electron chi connectivity index (χ4n) is 1.93. The lowest BCUT2D eigenvalue weighted by Gasteiger charge is -2.07. The van der Waals surface area contributed by atoms with E-state index < -0.39 is 0 Å². The van der Waals surface area contributed by atoms with Crippen LogP contribution in [-0.4, -0.2) is 18.0 Å². The third-order valence-corrected chi connectivity index (χ3v) is 4.02. The summed E-state index contributed by atoms with van der Waals surface area (Å²) >= 11 is 1.44. The first-order chi connectivity index (χ1) is 9.67. The number of thiazole rings is 1. The Kier molecular flexibility index (Phi) is 3.31. The molecule has 2 aromatic rings. The van der Waals surface area contributed by atoms with Crippen LogP contribution in [-0.2, 0) is 0 Å². The predicted molar refractivity (Wildman–Crippen MR) is 79.4 cm³/mol. The maximum absolute atomic E-state index is 12.2. The zero-order chi connectivity index (χ0) is 14.1. The van der Waals surface area contributed by atoms with Gasteiger partial charge in [0, 0.05) is 17.0 Å². The molecule has 0 atom stereocenters. The van der Waals surface area contributed by atoms with Crippen molar-refractivity contribution in [3.63, 3.8) is 0 Å². The van der Waals surface area contributed by atoms with Crippen molar-refractivity contribution in [2.24, 2.45) is 0 Å². The van der Waals surface area contributed by atoms with Gasteiger partial charge < -0.3 is 10.5 Å². The van der Waals surface area contributed by atoms with Gasteiger partial charge in [0.15, 0.2) is 5.13 Å². The number of hydrogen-bond donors (Lipinski definition) is 2. The van der Waals surface area contributed by atoms with E-state index in [2.05, 4.69) is 10.3 Å².